The summed E-state index contributed by atoms with van der Waals surface area (Å²) in [6.07, 6.45) is 1.61. The van der Waals surface area contributed by atoms with E-state index in [0.717, 1.165) is 13.0 Å². The van der Waals surface area contributed by atoms with Gasteiger partial charge in [-0.2, -0.15) is 0 Å². The predicted molar refractivity (Wildman–Crippen MR) is 59.9 cm³/mol. The predicted octanol–water partition coefficient (Wildman–Crippen LogP) is 1.52. The number of rotatable bonds is 6. The Balaban J connectivity index is 3.74. The number of carbonyl (C=O) groups excluding carboxylic acids is 1. The Labute approximate surface area is 87.4 Å². The smallest absolute Gasteiger partial charge is 0.220 e. The van der Waals surface area contributed by atoms with Crippen molar-refractivity contribution < 1.29 is 4.79 Å². The molecule has 0 saturated carbocycles. The van der Waals surface area contributed by atoms with Crippen molar-refractivity contribution >= 4 is 5.91 Å². The van der Waals surface area contributed by atoms with E-state index >= 15 is 0 Å². The summed E-state index contributed by atoms with van der Waals surface area (Å²) in [6.45, 7) is 9.75. The van der Waals surface area contributed by atoms with E-state index in [1.54, 1.807) is 0 Å². The molecular formula is C11H24N2O. The van der Waals surface area contributed by atoms with Crippen molar-refractivity contribution in [1.82, 2.24) is 5.32 Å². The second-order valence-corrected chi connectivity index (χ2v) is 4.84. The maximum Gasteiger partial charge on any atom is 0.220 e. The van der Waals surface area contributed by atoms with Crippen LogP contribution in [-0.2, 0) is 4.79 Å². The first-order chi connectivity index (χ1) is 6.41. The van der Waals surface area contributed by atoms with E-state index < -0.39 is 0 Å². The third kappa shape index (κ3) is 5.97. The molecular weight excluding hydrogens is 176 g/mol. The first-order valence-corrected chi connectivity index (χ1v) is 5.38. The van der Waals surface area contributed by atoms with E-state index in [1.165, 1.54) is 0 Å². The fourth-order valence-corrected chi connectivity index (χ4v) is 0.935. The van der Waals surface area contributed by atoms with Crippen molar-refractivity contribution in [2.45, 2.75) is 40.5 Å². The summed E-state index contributed by atoms with van der Waals surface area (Å²) in [5.74, 6) is 0.393. The zero-order chi connectivity index (χ0) is 11.2. The minimum absolute atomic E-state index is 0.115. The highest BCUT2D eigenvalue weighted by Gasteiger charge is 2.16. The van der Waals surface area contributed by atoms with Gasteiger partial charge < -0.3 is 11.1 Å². The summed E-state index contributed by atoms with van der Waals surface area (Å²) in [4.78, 5) is 11.4. The lowest BCUT2D eigenvalue weighted by Gasteiger charge is -2.23. The Morgan fingerprint density at radius 1 is 1.50 bits per heavy atom. The standard InChI is InChI=1S/C11H24N2O/c1-5-11(3,4)8-13-10(14)6-9(2)7-12/h9H,5-8,12H2,1-4H3,(H,13,14). The van der Waals surface area contributed by atoms with Gasteiger partial charge in [0.05, 0.1) is 0 Å². The molecule has 14 heavy (non-hydrogen) atoms. The summed E-state index contributed by atoms with van der Waals surface area (Å²) < 4.78 is 0. The van der Waals surface area contributed by atoms with Gasteiger partial charge in [0.1, 0.15) is 0 Å². The Hall–Kier alpha value is -0.570. The van der Waals surface area contributed by atoms with Crippen molar-refractivity contribution in [1.29, 1.82) is 0 Å². The molecule has 0 aromatic heterocycles. The monoisotopic (exact) mass is 200 g/mol. The summed E-state index contributed by atoms with van der Waals surface area (Å²) >= 11 is 0. The lowest BCUT2D eigenvalue weighted by Crippen LogP contribution is -2.34. The van der Waals surface area contributed by atoms with Gasteiger partial charge in [0.15, 0.2) is 0 Å². The molecule has 0 saturated heterocycles. The van der Waals surface area contributed by atoms with Crippen LogP contribution in [0.1, 0.15) is 40.5 Å². The lowest BCUT2D eigenvalue weighted by atomic mass is 9.90. The third-order valence-corrected chi connectivity index (χ3v) is 2.66. The lowest BCUT2D eigenvalue weighted by molar-refractivity contribution is -0.122. The SMILES string of the molecule is CCC(C)(C)CNC(=O)CC(C)CN. The van der Waals surface area contributed by atoms with Crippen LogP contribution in [0.15, 0.2) is 0 Å². The van der Waals surface area contributed by atoms with Crippen molar-refractivity contribution in [3.8, 4) is 0 Å². The quantitative estimate of drug-likeness (QED) is 0.683. The van der Waals surface area contributed by atoms with Gasteiger partial charge in [-0.25, -0.2) is 0 Å². The zero-order valence-electron chi connectivity index (χ0n) is 9.89. The first kappa shape index (κ1) is 13.4. The van der Waals surface area contributed by atoms with Crippen LogP contribution in [0.2, 0.25) is 0 Å². The van der Waals surface area contributed by atoms with Gasteiger partial charge in [-0.1, -0.05) is 27.7 Å². The number of amides is 1. The molecule has 0 aromatic carbocycles. The van der Waals surface area contributed by atoms with Gasteiger partial charge in [0, 0.05) is 13.0 Å². The van der Waals surface area contributed by atoms with E-state index in [2.05, 4.69) is 26.1 Å². The first-order valence-electron chi connectivity index (χ1n) is 5.38. The molecule has 1 amide bonds. The molecule has 0 rings (SSSR count). The van der Waals surface area contributed by atoms with Crippen LogP contribution in [0.4, 0.5) is 0 Å². The number of nitrogens with two attached hydrogens (primary N) is 1. The highest BCUT2D eigenvalue weighted by molar-refractivity contribution is 5.76. The van der Waals surface area contributed by atoms with E-state index in [0.29, 0.717) is 13.0 Å². The average Bonchev–Trinajstić information content (AvgIpc) is 2.15. The molecule has 3 N–H and O–H groups in total. The van der Waals surface area contributed by atoms with Crippen molar-refractivity contribution in [2.24, 2.45) is 17.1 Å². The summed E-state index contributed by atoms with van der Waals surface area (Å²) in [6, 6.07) is 0. The van der Waals surface area contributed by atoms with Gasteiger partial charge in [0.25, 0.3) is 0 Å². The van der Waals surface area contributed by atoms with Crippen molar-refractivity contribution in [2.75, 3.05) is 13.1 Å². The van der Waals surface area contributed by atoms with Gasteiger partial charge >= 0.3 is 0 Å². The van der Waals surface area contributed by atoms with E-state index in [-0.39, 0.29) is 17.2 Å². The fraction of sp³-hybridized carbons (Fsp3) is 0.909. The normalized spacial score (nSPS) is 13.8. The highest BCUT2D eigenvalue weighted by atomic mass is 16.1. The molecule has 0 bridgehead atoms. The largest absolute Gasteiger partial charge is 0.356 e. The maximum atomic E-state index is 11.4. The van der Waals surface area contributed by atoms with E-state index in [1.807, 2.05) is 6.92 Å². The molecule has 0 aromatic rings. The second-order valence-electron chi connectivity index (χ2n) is 4.84. The molecule has 0 fully saturated rings. The summed E-state index contributed by atoms with van der Waals surface area (Å²) in [7, 11) is 0. The van der Waals surface area contributed by atoms with E-state index in [4.69, 9.17) is 5.73 Å². The second kappa shape index (κ2) is 6.02. The van der Waals surface area contributed by atoms with Crippen molar-refractivity contribution in [3.05, 3.63) is 0 Å². The van der Waals surface area contributed by atoms with Gasteiger partial charge in [0.2, 0.25) is 5.91 Å². The fourth-order valence-electron chi connectivity index (χ4n) is 0.935. The molecule has 1 unspecified atom stereocenters. The highest BCUT2D eigenvalue weighted by Crippen LogP contribution is 2.17. The molecule has 0 aliphatic carbocycles. The average molecular weight is 200 g/mol. The van der Waals surface area contributed by atoms with Crippen LogP contribution >= 0.6 is 0 Å². The number of hydrogen-bond donors (Lipinski definition) is 2. The molecule has 0 aliphatic rings. The number of hydrogen-bond acceptors (Lipinski definition) is 2. The van der Waals surface area contributed by atoms with Crippen LogP contribution in [0, 0.1) is 11.3 Å². The molecule has 3 heteroatoms. The van der Waals surface area contributed by atoms with E-state index in [9.17, 15) is 4.79 Å². The maximum absolute atomic E-state index is 11.4. The zero-order valence-corrected chi connectivity index (χ0v) is 9.89. The number of nitrogens with one attached hydrogen (secondary N) is 1. The molecule has 84 valence electrons. The van der Waals surface area contributed by atoms with Crippen molar-refractivity contribution in [3.63, 3.8) is 0 Å². The summed E-state index contributed by atoms with van der Waals surface area (Å²) in [5, 5.41) is 2.94. The molecule has 0 spiro atoms. The third-order valence-electron chi connectivity index (χ3n) is 2.66. The Bertz CT molecular complexity index is 178. The Kier molecular flexibility index (Phi) is 5.77. The van der Waals surface area contributed by atoms with Crippen LogP contribution in [0.5, 0.6) is 0 Å². The van der Waals surface area contributed by atoms with Crippen LogP contribution in [-0.4, -0.2) is 19.0 Å². The van der Waals surface area contributed by atoms with Gasteiger partial charge in [-0.15, -0.1) is 0 Å². The van der Waals surface area contributed by atoms with Gasteiger partial charge in [-0.3, -0.25) is 4.79 Å². The Morgan fingerprint density at radius 2 is 2.07 bits per heavy atom. The molecule has 3 nitrogen and oxygen atoms in total. The van der Waals surface area contributed by atoms with Crippen LogP contribution in [0.25, 0.3) is 0 Å². The van der Waals surface area contributed by atoms with Gasteiger partial charge in [-0.05, 0) is 24.3 Å². The minimum atomic E-state index is 0.115. The van der Waals surface area contributed by atoms with Crippen LogP contribution < -0.4 is 11.1 Å². The topological polar surface area (TPSA) is 55.1 Å². The minimum Gasteiger partial charge on any atom is -0.356 e. The molecule has 0 aliphatic heterocycles. The molecule has 0 heterocycles. The molecule has 0 radical (unpaired) electrons. The molecule has 1 atom stereocenters. The number of carbonyl (C=O) groups is 1. The Morgan fingerprint density at radius 3 is 2.50 bits per heavy atom. The summed E-state index contributed by atoms with van der Waals surface area (Å²) in [5.41, 5.74) is 5.64. The van der Waals surface area contributed by atoms with Crippen LogP contribution in [0.3, 0.4) is 0 Å².